The lowest BCUT2D eigenvalue weighted by Crippen LogP contribution is -2.37. The molecule has 0 radical (unpaired) electrons. The quantitative estimate of drug-likeness (QED) is 0.344. The van der Waals surface area contributed by atoms with Crippen molar-refractivity contribution < 1.29 is 9.47 Å². The van der Waals surface area contributed by atoms with Gasteiger partial charge >= 0.3 is 0 Å². The van der Waals surface area contributed by atoms with Gasteiger partial charge in [-0.1, -0.05) is 18.5 Å². The lowest BCUT2D eigenvalue weighted by Gasteiger charge is -2.20. The number of hydrogen-bond donors (Lipinski definition) is 2. The number of nitrogens with zero attached hydrogens (tertiary/aromatic N) is 2. The minimum absolute atomic E-state index is 0. The highest BCUT2D eigenvalue weighted by Crippen LogP contribution is 2.38. The third-order valence-corrected chi connectivity index (χ3v) is 5.37. The number of aryl methyl sites for hydroxylation is 1. The van der Waals surface area contributed by atoms with E-state index in [1.54, 1.807) is 18.4 Å². The van der Waals surface area contributed by atoms with E-state index in [4.69, 9.17) is 21.1 Å². The zero-order chi connectivity index (χ0) is 18.4. The summed E-state index contributed by atoms with van der Waals surface area (Å²) in [6, 6.07) is 3.91. The van der Waals surface area contributed by atoms with E-state index in [9.17, 15) is 0 Å². The summed E-state index contributed by atoms with van der Waals surface area (Å²) in [5, 5.41) is 8.25. The highest BCUT2D eigenvalue weighted by atomic mass is 127. The summed E-state index contributed by atoms with van der Waals surface area (Å²) >= 11 is 8.00. The van der Waals surface area contributed by atoms with Gasteiger partial charge in [0.05, 0.1) is 11.6 Å². The van der Waals surface area contributed by atoms with Crippen LogP contribution < -0.4 is 20.1 Å². The summed E-state index contributed by atoms with van der Waals surface area (Å²) in [6.45, 7) is 4.62. The van der Waals surface area contributed by atoms with Crippen LogP contribution in [0.2, 0.25) is 5.02 Å². The number of rotatable bonds is 6. The second kappa shape index (κ2) is 10.9. The SMILES string of the molecule is CCc1cnc(CNC(=NC)NCCc2cc(Cl)c3c(c2)OCCO3)s1.I. The minimum atomic E-state index is 0. The summed E-state index contributed by atoms with van der Waals surface area (Å²) in [4.78, 5) is 9.95. The molecule has 0 amide bonds. The minimum Gasteiger partial charge on any atom is -0.486 e. The predicted molar refractivity (Wildman–Crippen MR) is 121 cm³/mol. The molecular weight excluding hydrogens is 499 g/mol. The van der Waals surface area contributed by atoms with Crippen molar-refractivity contribution in [1.29, 1.82) is 0 Å². The molecule has 0 saturated heterocycles. The largest absolute Gasteiger partial charge is 0.486 e. The number of hydrogen-bond acceptors (Lipinski definition) is 5. The monoisotopic (exact) mass is 522 g/mol. The van der Waals surface area contributed by atoms with Gasteiger partial charge in [-0.3, -0.25) is 4.99 Å². The number of guanidine groups is 1. The molecule has 3 rings (SSSR count). The maximum atomic E-state index is 6.28. The maximum absolute atomic E-state index is 6.28. The van der Waals surface area contributed by atoms with Crippen LogP contribution in [0.5, 0.6) is 11.5 Å². The molecule has 2 N–H and O–H groups in total. The smallest absolute Gasteiger partial charge is 0.191 e. The molecule has 2 heterocycles. The van der Waals surface area contributed by atoms with Crippen LogP contribution >= 0.6 is 46.9 Å². The van der Waals surface area contributed by atoms with Gasteiger partial charge in [-0.15, -0.1) is 35.3 Å². The average Bonchev–Trinajstić information content (AvgIpc) is 3.12. The highest BCUT2D eigenvalue weighted by Gasteiger charge is 2.16. The van der Waals surface area contributed by atoms with Crippen molar-refractivity contribution in [3.63, 3.8) is 0 Å². The fourth-order valence-corrected chi connectivity index (χ4v) is 3.70. The highest BCUT2D eigenvalue weighted by molar-refractivity contribution is 14.0. The average molecular weight is 523 g/mol. The molecule has 9 heteroatoms. The Morgan fingerprint density at radius 2 is 2.11 bits per heavy atom. The molecule has 0 bridgehead atoms. The first kappa shape index (κ1) is 22.0. The second-order valence-corrected chi connectivity index (χ2v) is 7.39. The van der Waals surface area contributed by atoms with Gasteiger partial charge in [0, 0.05) is 24.7 Å². The molecule has 2 aromatic rings. The van der Waals surface area contributed by atoms with Gasteiger partial charge in [0.15, 0.2) is 17.5 Å². The van der Waals surface area contributed by atoms with Crippen molar-refractivity contribution in [2.24, 2.45) is 4.99 Å². The lowest BCUT2D eigenvalue weighted by molar-refractivity contribution is 0.171. The third kappa shape index (κ3) is 6.11. The first-order valence-electron chi connectivity index (χ1n) is 8.65. The Bertz CT molecular complexity index is 785. The summed E-state index contributed by atoms with van der Waals surface area (Å²) in [5.41, 5.74) is 1.09. The molecule has 1 aliphatic heterocycles. The van der Waals surface area contributed by atoms with Crippen LogP contribution in [0.3, 0.4) is 0 Å². The zero-order valence-electron chi connectivity index (χ0n) is 15.4. The van der Waals surface area contributed by atoms with Gasteiger partial charge in [0.2, 0.25) is 0 Å². The lowest BCUT2D eigenvalue weighted by atomic mass is 10.1. The Labute approximate surface area is 185 Å². The molecule has 0 fully saturated rings. The van der Waals surface area contributed by atoms with Crippen molar-refractivity contribution in [3.05, 3.63) is 38.8 Å². The van der Waals surface area contributed by atoms with Crippen LogP contribution in [-0.4, -0.2) is 37.7 Å². The Morgan fingerprint density at radius 3 is 2.85 bits per heavy atom. The number of thiazole rings is 1. The number of ether oxygens (including phenoxy) is 2. The molecule has 0 unspecified atom stereocenters. The van der Waals surface area contributed by atoms with Gasteiger partial charge in [0.1, 0.15) is 18.2 Å². The Kier molecular flexibility index (Phi) is 8.91. The van der Waals surface area contributed by atoms with Gasteiger partial charge < -0.3 is 20.1 Å². The third-order valence-electron chi connectivity index (χ3n) is 3.94. The number of fused-ring (bicyclic) bond motifs is 1. The topological polar surface area (TPSA) is 67.8 Å². The van der Waals surface area contributed by atoms with Crippen molar-refractivity contribution in [3.8, 4) is 11.5 Å². The van der Waals surface area contributed by atoms with Gasteiger partial charge in [-0.25, -0.2) is 4.98 Å². The van der Waals surface area contributed by atoms with Crippen LogP contribution in [-0.2, 0) is 19.4 Å². The van der Waals surface area contributed by atoms with Crippen LogP contribution in [0.25, 0.3) is 0 Å². The Morgan fingerprint density at radius 1 is 1.30 bits per heavy atom. The van der Waals surface area contributed by atoms with E-state index in [0.29, 0.717) is 30.5 Å². The molecule has 6 nitrogen and oxygen atoms in total. The van der Waals surface area contributed by atoms with E-state index in [1.807, 2.05) is 18.3 Å². The molecule has 0 aliphatic carbocycles. The van der Waals surface area contributed by atoms with E-state index < -0.39 is 0 Å². The fourth-order valence-electron chi connectivity index (χ4n) is 2.61. The van der Waals surface area contributed by atoms with Crippen molar-refractivity contribution in [2.75, 3.05) is 26.8 Å². The Hall–Kier alpha value is -1.26. The van der Waals surface area contributed by atoms with Crippen LogP contribution in [0.4, 0.5) is 0 Å². The standard InChI is InChI=1S/C18H23ClN4O2S.HI/c1-3-13-10-22-16(26-13)11-23-18(20-2)21-5-4-12-8-14(19)17-15(9-12)24-6-7-25-17;/h8-10H,3-7,11H2,1-2H3,(H2,20,21,23);1H. The number of aromatic nitrogens is 1. The number of halogens is 2. The second-order valence-electron chi connectivity index (χ2n) is 5.78. The van der Waals surface area contributed by atoms with Crippen LogP contribution in [0.1, 0.15) is 22.4 Å². The number of nitrogens with one attached hydrogen (secondary N) is 2. The van der Waals surface area contributed by atoms with E-state index in [2.05, 4.69) is 27.5 Å². The van der Waals surface area contributed by atoms with Crippen molar-refractivity contribution in [1.82, 2.24) is 15.6 Å². The summed E-state index contributed by atoms with van der Waals surface area (Å²) < 4.78 is 11.2. The molecule has 0 atom stereocenters. The molecule has 27 heavy (non-hydrogen) atoms. The first-order valence-corrected chi connectivity index (χ1v) is 9.85. The van der Waals surface area contributed by atoms with Crippen LogP contribution in [0.15, 0.2) is 23.3 Å². The van der Waals surface area contributed by atoms with E-state index in [0.717, 1.165) is 41.7 Å². The predicted octanol–water partition coefficient (Wildman–Crippen LogP) is 3.66. The molecular formula is C18H24ClIN4O2S. The van der Waals surface area contributed by atoms with E-state index >= 15 is 0 Å². The molecule has 1 aliphatic rings. The normalized spacial score (nSPS) is 13.1. The molecule has 148 valence electrons. The van der Waals surface area contributed by atoms with E-state index in [-0.39, 0.29) is 24.0 Å². The molecule has 1 aromatic carbocycles. The zero-order valence-corrected chi connectivity index (χ0v) is 19.3. The van der Waals surface area contributed by atoms with Gasteiger partial charge in [0.25, 0.3) is 0 Å². The summed E-state index contributed by atoms with van der Waals surface area (Å²) in [6.07, 6.45) is 3.75. The number of aliphatic imine (C=N–C) groups is 1. The summed E-state index contributed by atoms with van der Waals surface area (Å²) in [7, 11) is 1.76. The molecule has 0 spiro atoms. The van der Waals surface area contributed by atoms with Crippen LogP contribution in [0, 0.1) is 0 Å². The molecule has 0 saturated carbocycles. The first-order chi connectivity index (χ1) is 12.7. The van der Waals surface area contributed by atoms with E-state index in [1.165, 1.54) is 4.88 Å². The summed E-state index contributed by atoms with van der Waals surface area (Å²) in [5.74, 6) is 2.11. The number of benzene rings is 1. The Balaban J connectivity index is 0.00000261. The van der Waals surface area contributed by atoms with Crippen molar-refractivity contribution in [2.45, 2.75) is 26.3 Å². The molecule has 1 aromatic heterocycles. The van der Waals surface area contributed by atoms with Gasteiger partial charge in [-0.2, -0.15) is 0 Å². The van der Waals surface area contributed by atoms with Gasteiger partial charge in [-0.05, 0) is 30.5 Å². The maximum Gasteiger partial charge on any atom is 0.191 e. The van der Waals surface area contributed by atoms with Crippen molar-refractivity contribution >= 4 is 52.9 Å². The fraction of sp³-hybridized carbons (Fsp3) is 0.444.